The van der Waals surface area contributed by atoms with Crippen molar-refractivity contribution < 1.29 is 9.18 Å². The van der Waals surface area contributed by atoms with Gasteiger partial charge in [-0.2, -0.15) is 0 Å². The number of nitrogens with one attached hydrogen (secondary N) is 1. The molecule has 1 heterocycles. The molecule has 0 unspecified atom stereocenters. The molecule has 3 nitrogen and oxygen atoms in total. The Morgan fingerprint density at radius 2 is 2.20 bits per heavy atom. The largest absolute Gasteiger partial charge is 0.302 e. The zero-order valence-electron chi connectivity index (χ0n) is 11.7. The third kappa shape index (κ3) is 3.63. The van der Waals surface area contributed by atoms with Gasteiger partial charge in [0.25, 0.3) is 0 Å². The predicted molar refractivity (Wildman–Crippen MR) is 79.5 cm³/mol. The average Bonchev–Trinajstić information content (AvgIpc) is 2.81. The van der Waals surface area contributed by atoms with Crippen LogP contribution in [0.5, 0.6) is 0 Å². The average molecular weight is 292 g/mol. The molecular formula is C15H17FN2OS. The van der Waals surface area contributed by atoms with Crippen molar-refractivity contribution in [1.29, 1.82) is 0 Å². The number of thiazole rings is 1. The topological polar surface area (TPSA) is 42.0 Å². The highest BCUT2D eigenvalue weighted by Gasteiger charge is 2.10. The Bertz CT molecular complexity index is 622. The summed E-state index contributed by atoms with van der Waals surface area (Å²) in [7, 11) is 0. The molecule has 0 aliphatic heterocycles. The molecule has 0 bridgehead atoms. The Labute approximate surface area is 121 Å². The minimum Gasteiger partial charge on any atom is -0.302 e. The molecule has 0 spiro atoms. The first-order valence-corrected chi connectivity index (χ1v) is 7.28. The number of aryl methyl sites for hydroxylation is 1. The summed E-state index contributed by atoms with van der Waals surface area (Å²) in [5.74, 6) is -0.318. The van der Waals surface area contributed by atoms with Crippen LogP contribution in [0, 0.1) is 18.7 Å². The number of hydrogen-bond acceptors (Lipinski definition) is 3. The standard InChI is InChI=1S/C15H17FN2OS/c1-9(2)14(19)18-15-17-8-12(20-15)6-11-5-4-10(3)13(16)7-11/h4-5,7-9H,6H2,1-3H3,(H,17,18,19). The number of hydrogen-bond donors (Lipinski definition) is 1. The van der Waals surface area contributed by atoms with Gasteiger partial charge in [-0.05, 0) is 24.1 Å². The number of carbonyl (C=O) groups is 1. The molecular weight excluding hydrogens is 275 g/mol. The van der Waals surface area contributed by atoms with Crippen LogP contribution in [0.2, 0.25) is 0 Å². The monoisotopic (exact) mass is 292 g/mol. The van der Waals surface area contributed by atoms with Crippen molar-refractivity contribution in [3.05, 3.63) is 46.2 Å². The highest BCUT2D eigenvalue weighted by Crippen LogP contribution is 2.22. The van der Waals surface area contributed by atoms with E-state index in [1.54, 1.807) is 25.3 Å². The van der Waals surface area contributed by atoms with E-state index in [0.717, 1.165) is 10.4 Å². The fourth-order valence-corrected chi connectivity index (χ4v) is 2.49. The van der Waals surface area contributed by atoms with E-state index in [9.17, 15) is 9.18 Å². The maximum absolute atomic E-state index is 13.5. The Kier molecular flexibility index (Phi) is 4.49. The summed E-state index contributed by atoms with van der Waals surface area (Å²) < 4.78 is 13.5. The summed E-state index contributed by atoms with van der Waals surface area (Å²) in [5, 5.41) is 3.35. The van der Waals surface area contributed by atoms with Crippen LogP contribution in [0.25, 0.3) is 0 Å². The molecule has 1 aromatic heterocycles. The van der Waals surface area contributed by atoms with E-state index in [0.29, 0.717) is 17.1 Å². The van der Waals surface area contributed by atoms with Crippen LogP contribution in [-0.4, -0.2) is 10.9 Å². The molecule has 0 saturated carbocycles. The molecule has 2 aromatic rings. The Hall–Kier alpha value is -1.75. The number of aromatic nitrogens is 1. The van der Waals surface area contributed by atoms with E-state index in [1.165, 1.54) is 11.3 Å². The molecule has 0 fully saturated rings. The van der Waals surface area contributed by atoms with Crippen LogP contribution in [-0.2, 0) is 11.2 Å². The smallest absolute Gasteiger partial charge is 0.228 e. The Balaban J connectivity index is 2.05. The molecule has 1 N–H and O–H groups in total. The maximum atomic E-state index is 13.5. The molecule has 1 aromatic carbocycles. The molecule has 0 aliphatic rings. The number of nitrogens with zero attached hydrogens (tertiary/aromatic N) is 1. The lowest BCUT2D eigenvalue weighted by Crippen LogP contribution is -2.17. The number of amides is 1. The molecule has 0 saturated heterocycles. The number of halogens is 1. The minimum atomic E-state index is -0.194. The second kappa shape index (κ2) is 6.13. The van der Waals surface area contributed by atoms with Crippen LogP contribution in [0.3, 0.4) is 0 Å². The van der Waals surface area contributed by atoms with Gasteiger partial charge in [0.05, 0.1) is 0 Å². The summed E-state index contributed by atoms with van der Waals surface area (Å²) in [6.45, 7) is 5.41. The van der Waals surface area contributed by atoms with E-state index >= 15 is 0 Å². The van der Waals surface area contributed by atoms with Gasteiger partial charge in [0, 0.05) is 23.4 Å². The van der Waals surface area contributed by atoms with Crippen LogP contribution >= 0.6 is 11.3 Å². The van der Waals surface area contributed by atoms with Gasteiger partial charge in [-0.3, -0.25) is 4.79 Å². The first-order chi connectivity index (χ1) is 9.45. The van der Waals surface area contributed by atoms with Gasteiger partial charge in [-0.25, -0.2) is 9.37 Å². The predicted octanol–water partition coefficient (Wildman–Crippen LogP) is 3.78. The van der Waals surface area contributed by atoms with Crippen LogP contribution in [0.4, 0.5) is 9.52 Å². The normalized spacial score (nSPS) is 10.8. The van der Waals surface area contributed by atoms with Gasteiger partial charge >= 0.3 is 0 Å². The molecule has 0 radical (unpaired) electrons. The lowest BCUT2D eigenvalue weighted by atomic mass is 10.1. The number of benzene rings is 1. The summed E-state index contributed by atoms with van der Waals surface area (Å²) in [6, 6.07) is 5.22. The number of carbonyl (C=O) groups excluding carboxylic acids is 1. The van der Waals surface area contributed by atoms with E-state index < -0.39 is 0 Å². The van der Waals surface area contributed by atoms with Crippen LogP contribution < -0.4 is 5.32 Å². The van der Waals surface area contributed by atoms with Crippen molar-refractivity contribution in [2.24, 2.45) is 5.92 Å². The van der Waals surface area contributed by atoms with Crippen molar-refractivity contribution in [2.75, 3.05) is 5.32 Å². The highest BCUT2D eigenvalue weighted by molar-refractivity contribution is 7.15. The third-order valence-corrected chi connectivity index (χ3v) is 3.84. The van der Waals surface area contributed by atoms with Crippen molar-refractivity contribution in [1.82, 2.24) is 4.98 Å². The van der Waals surface area contributed by atoms with Gasteiger partial charge in [-0.15, -0.1) is 11.3 Å². The van der Waals surface area contributed by atoms with Crippen molar-refractivity contribution in [2.45, 2.75) is 27.2 Å². The Morgan fingerprint density at radius 1 is 1.45 bits per heavy atom. The van der Waals surface area contributed by atoms with Crippen LogP contribution in [0.1, 0.15) is 29.9 Å². The van der Waals surface area contributed by atoms with Gasteiger partial charge < -0.3 is 5.32 Å². The van der Waals surface area contributed by atoms with Crippen molar-refractivity contribution >= 4 is 22.4 Å². The molecule has 0 atom stereocenters. The summed E-state index contributed by atoms with van der Waals surface area (Å²) in [4.78, 5) is 16.7. The fourth-order valence-electron chi connectivity index (χ4n) is 1.64. The fraction of sp³-hybridized carbons (Fsp3) is 0.333. The second-order valence-corrected chi connectivity index (χ2v) is 6.15. The highest BCUT2D eigenvalue weighted by atomic mass is 32.1. The maximum Gasteiger partial charge on any atom is 0.228 e. The van der Waals surface area contributed by atoms with Gasteiger partial charge in [0.2, 0.25) is 5.91 Å². The summed E-state index contributed by atoms with van der Waals surface area (Å²) in [6.07, 6.45) is 2.34. The first-order valence-electron chi connectivity index (χ1n) is 6.46. The van der Waals surface area contributed by atoms with Crippen LogP contribution in [0.15, 0.2) is 24.4 Å². The Morgan fingerprint density at radius 3 is 2.85 bits per heavy atom. The number of rotatable bonds is 4. The lowest BCUT2D eigenvalue weighted by Gasteiger charge is -2.03. The van der Waals surface area contributed by atoms with Crippen molar-refractivity contribution in [3.63, 3.8) is 0 Å². The molecule has 5 heteroatoms. The quantitative estimate of drug-likeness (QED) is 0.932. The SMILES string of the molecule is Cc1ccc(Cc2cnc(NC(=O)C(C)C)s2)cc1F. The van der Waals surface area contributed by atoms with Gasteiger partial charge in [-0.1, -0.05) is 26.0 Å². The molecule has 2 rings (SSSR count). The van der Waals surface area contributed by atoms with Gasteiger partial charge in [0.1, 0.15) is 5.82 Å². The van der Waals surface area contributed by atoms with E-state index in [-0.39, 0.29) is 17.6 Å². The van der Waals surface area contributed by atoms with Crippen molar-refractivity contribution in [3.8, 4) is 0 Å². The minimum absolute atomic E-state index is 0.0488. The molecule has 20 heavy (non-hydrogen) atoms. The van der Waals surface area contributed by atoms with E-state index in [2.05, 4.69) is 10.3 Å². The summed E-state index contributed by atoms with van der Waals surface area (Å²) in [5.41, 5.74) is 1.54. The lowest BCUT2D eigenvalue weighted by molar-refractivity contribution is -0.118. The van der Waals surface area contributed by atoms with E-state index in [4.69, 9.17) is 0 Å². The van der Waals surface area contributed by atoms with E-state index in [1.807, 2.05) is 19.9 Å². The molecule has 1 amide bonds. The van der Waals surface area contributed by atoms with Gasteiger partial charge in [0.15, 0.2) is 5.13 Å². The first kappa shape index (κ1) is 14.7. The molecule has 0 aliphatic carbocycles. The number of anilines is 1. The zero-order valence-corrected chi connectivity index (χ0v) is 12.6. The second-order valence-electron chi connectivity index (χ2n) is 5.04. The summed E-state index contributed by atoms with van der Waals surface area (Å²) >= 11 is 1.42. The molecule has 106 valence electrons. The third-order valence-electron chi connectivity index (χ3n) is 2.92. The zero-order chi connectivity index (χ0) is 14.7.